The van der Waals surface area contributed by atoms with Crippen LogP contribution in [0.1, 0.15) is 39.0 Å². The monoisotopic (exact) mass is 560 g/mol. The van der Waals surface area contributed by atoms with Crippen LogP contribution in [0.3, 0.4) is 0 Å². The van der Waals surface area contributed by atoms with Gasteiger partial charge in [-0.15, -0.1) is 0 Å². The molecule has 204 valence electrons. The van der Waals surface area contributed by atoms with Crippen molar-refractivity contribution < 1.29 is 18.7 Å². The number of nitrogens with one attached hydrogen (secondary N) is 2. The van der Waals surface area contributed by atoms with E-state index in [0.717, 1.165) is 16.7 Å². The summed E-state index contributed by atoms with van der Waals surface area (Å²) in [4.78, 5) is 31.5. The van der Waals surface area contributed by atoms with Gasteiger partial charge in [0.2, 0.25) is 0 Å². The zero-order chi connectivity index (χ0) is 27.9. The highest BCUT2D eigenvalue weighted by atomic mass is 35.5. The molecule has 4 heterocycles. The first-order chi connectivity index (χ1) is 19.3. The normalized spacial score (nSPS) is 17.9. The Morgan fingerprint density at radius 2 is 2.00 bits per heavy atom. The quantitative estimate of drug-likeness (QED) is 0.343. The van der Waals surface area contributed by atoms with Gasteiger partial charge in [-0.05, 0) is 47.9 Å². The fraction of sp³-hybridized carbons (Fsp3) is 0.241. The molecule has 0 unspecified atom stereocenters. The maximum absolute atomic E-state index is 15.1. The first kappa shape index (κ1) is 25.8. The molecule has 0 saturated carbocycles. The van der Waals surface area contributed by atoms with Crippen LogP contribution in [0, 0.1) is 12.7 Å². The molecule has 2 aliphatic rings. The molecular weight excluding hydrogens is 535 g/mol. The third-order valence-corrected chi connectivity index (χ3v) is 7.51. The van der Waals surface area contributed by atoms with E-state index in [1.807, 2.05) is 53.2 Å². The van der Waals surface area contributed by atoms with E-state index in [-0.39, 0.29) is 23.0 Å². The summed E-state index contributed by atoms with van der Waals surface area (Å²) >= 11 is 6.05. The van der Waals surface area contributed by atoms with Crippen molar-refractivity contribution in [3.63, 3.8) is 0 Å². The molecule has 2 aromatic heterocycles. The Balaban J connectivity index is 1.12. The average Bonchev–Trinajstić information content (AvgIpc) is 3.56. The summed E-state index contributed by atoms with van der Waals surface area (Å²) in [7, 11) is 0. The van der Waals surface area contributed by atoms with Gasteiger partial charge in [-0.3, -0.25) is 14.8 Å². The Labute approximate surface area is 234 Å². The van der Waals surface area contributed by atoms with Crippen LogP contribution in [0.5, 0.6) is 0 Å². The van der Waals surface area contributed by atoms with Crippen molar-refractivity contribution in [2.45, 2.75) is 32.0 Å². The molecule has 2 amide bonds. The first-order valence-corrected chi connectivity index (χ1v) is 13.2. The zero-order valence-corrected chi connectivity index (χ0v) is 22.4. The lowest BCUT2D eigenvalue weighted by Gasteiger charge is -2.35. The standard InChI is InChI=1S/C29H26ClFN6O3/c1-18-13-34-37(15-18)16-20-4-2-19(3-5-20)14-33-27(38)21-8-10-32-24(12-21)36-11-9-29(17-36)25-23(35-28(39)40-29)7-6-22(30)26(25)31/h2-8,10,12-13,15H,9,11,14,16-17H2,1H3,(H,33,38)(H,35,39)/t29-/m1/s1. The van der Waals surface area contributed by atoms with E-state index >= 15 is 4.39 Å². The van der Waals surface area contributed by atoms with Gasteiger partial charge in [0, 0.05) is 37.5 Å². The molecule has 0 bridgehead atoms. The van der Waals surface area contributed by atoms with Crippen LogP contribution in [0.15, 0.2) is 67.1 Å². The van der Waals surface area contributed by atoms with Crippen molar-refractivity contribution in [2.24, 2.45) is 0 Å². The minimum absolute atomic E-state index is 0.0456. The van der Waals surface area contributed by atoms with E-state index in [1.165, 1.54) is 6.07 Å². The number of carbonyl (C=O) groups is 2. The van der Waals surface area contributed by atoms with E-state index in [9.17, 15) is 9.59 Å². The van der Waals surface area contributed by atoms with Gasteiger partial charge in [-0.25, -0.2) is 14.2 Å². The Hall–Kier alpha value is -4.44. The Bertz CT molecular complexity index is 1610. The molecule has 1 atom stereocenters. The van der Waals surface area contributed by atoms with Crippen LogP contribution in [0.2, 0.25) is 5.02 Å². The predicted molar refractivity (Wildman–Crippen MR) is 148 cm³/mol. The number of aryl methyl sites for hydroxylation is 1. The summed E-state index contributed by atoms with van der Waals surface area (Å²) in [6.45, 7) is 3.67. The summed E-state index contributed by atoms with van der Waals surface area (Å²) in [5, 5.41) is 9.77. The number of rotatable bonds is 6. The molecule has 40 heavy (non-hydrogen) atoms. The smallest absolute Gasteiger partial charge is 0.412 e. The highest BCUT2D eigenvalue weighted by molar-refractivity contribution is 6.31. The molecule has 1 saturated heterocycles. The predicted octanol–water partition coefficient (Wildman–Crippen LogP) is 5.03. The zero-order valence-electron chi connectivity index (χ0n) is 21.7. The van der Waals surface area contributed by atoms with Crippen LogP contribution >= 0.6 is 11.6 Å². The number of anilines is 2. The SMILES string of the molecule is Cc1cnn(Cc2ccc(CNC(=O)c3ccnc(N4CC[C@]5(C4)OC(=O)Nc4ccc(Cl)c(F)c45)c3)cc2)c1. The maximum Gasteiger partial charge on any atom is 0.412 e. The van der Waals surface area contributed by atoms with Crippen LogP contribution in [-0.2, 0) is 23.4 Å². The molecule has 1 spiro atoms. The third-order valence-electron chi connectivity index (χ3n) is 7.22. The molecule has 6 rings (SSSR count). The summed E-state index contributed by atoms with van der Waals surface area (Å²) < 4.78 is 22.6. The summed E-state index contributed by atoms with van der Waals surface area (Å²) in [5.74, 6) is -0.335. The number of aromatic nitrogens is 3. The number of benzene rings is 2. The van der Waals surface area contributed by atoms with Crippen LogP contribution in [0.4, 0.5) is 20.7 Å². The van der Waals surface area contributed by atoms with Gasteiger partial charge < -0.3 is 15.0 Å². The molecule has 0 radical (unpaired) electrons. The van der Waals surface area contributed by atoms with Gasteiger partial charge in [0.1, 0.15) is 5.82 Å². The van der Waals surface area contributed by atoms with E-state index in [2.05, 4.69) is 20.7 Å². The highest BCUT2D eigenvalue weighted by Gasteiger charge is 2.50. The lowest BCUT2D eigenvalue weighted by molar-refractivity contribution is 0.0263. The van der Waals surface area contributed by atoms with Gasteiger partial charge in [-0.2, -0.15) is 5.10 Å². The van der Waals surface area contributed by atoms with Gasteiger partial charge in [0.15, 0.2) is 11.4 Å². The van der Waals surface area contributed by atoms with Gasteiger partial charge >= 0.3 is 6.09 Å². The average molecular weight is 561 g/mol. The van der Waals surface area contributed by atoms with E-state index in [1.54, 1.807) is 24.4 Å². The number of carbonyl (C=O) groups excluding carboxylic acids is 2. The molecule has 1 fully saturated rings. The number of halogens is 2. The second kappa shape index (κ2) is 10.3. The van der Waals surface area contributed by atoms with Gasteiger partial charge in [-0.1, -0.05) is 35.9 Å². The van der Waals surface area contributed by atoms with Crippen LogP contribution in [0.25, 0.3) is 0 Å². The first-order valence-electron chi connectivity index (χ1n) is 12.8. The summed E-state index contributed by atoms with van der Waals surface area (Å²) in [5.41, 5.74) is 2.98. The van der Waals surface area contributed by atoms with E-state index in [4.69, 9.17) is 16.3 Å². The lowest BCUT2D eigenvalue weighted by Crippen LogP contribution is -2.42. The number of pyridine rings is 1. The van der Waals surface area contributed by atoms with Crippen molar-refractivity contribution in [1.29, 1.82) is 0 Å². The second-order valence-electron chi connectivity index (χ2n) is 10.1. The van der Waals surface area contributed by atoms with Crippen LogP contribution in [-0.4, -0.2) is 39.9 Å². The number of amides is 2. The summed E-state index contributed by atoms with van der Waals surface area (Å²) in [6.07, 6.45) is 5.07. The third kappa shape index (κ3) is 4.98. The van der Waals surface area contributed by atoms with Crippen molar-refractivity contribution >= 4 is 35.1 Å². The minimum atomic E-state index is -1.21. The van der Waals surface area contributed by atoms with Crippen molar-refractivity contribution in [1.82, 2.24) is 20.1 Å². The lowest BCUT2D eigenvalue weighted by atomic mass is 9.89. The molecule has 4 aromatic rings. The van der Waals surface area contributed by atoms with Gasteiger partial charge in [0.05, 0.1) is 35.6 Å². The van der Waals surface area contributed by atoms with E-state index < -0.39 is 17.5 Å². The number of hydrogen-bond acceptors (Lipinski definition) is 6. The summed E-state index contributed by atoms with van der Waals surface area (Å²) in [6, 6.07) is 14.3. The Morgan fingerprint density at radius 1 is 1.20 bits per heavy atom. The molecule has 0 aliphatic carbocycles. The fourth-order valence-electron chi connectivity index (χ4n) is 5.25. The van der Waals surface area contributed by atoms with Gasteiger partial charge in [0.25, 0.3) is 5.91 Å². The van der Waals surface area contributed by atoms with E-state index in [0.29, 0.717) is 43.1 Å². The van der Waals surface area contributed by atoms with Crippen LogP contribution < -0.4 is 15.5 Å². The van der Waals surface area contributed by atoms with Crippen molar-refractivity contribution in [3.8, 4) is 0 Å². The fourth-order valence-corrected chi connectivity index (χ4v) is 5.41. The number of fused-ring (bicyclic) bond motifs is 2. The molecule has 2 aromatic carbocycles. The number of ether oxygens (including phenoxy) is 1. The number of nitrogens with zero attached hydrogens (tertiary/aromatic N) is 4. The highest BCUT2D eigenvalue weighted by Crippen LogP contribution is 2.46. The molecule has 2 N–H and O–H groups in total. The Morgan fingerprint density at radius 3 is 2.77 bits per heavy atom. The number of hydrogen-bond donors (Lipinski definition) is 2. The second-order valence-corrected chi connectivity index (χ2v) is 10.5. The molecular formula is C29H26ClFN6O3. The van der Waals surface area contributed by atoms with Crippen molar-refractivity contribution in [3.05, 3.63) is 106 Å². The molecule has 11 heteroatoms. The molecule has 9 nitrogen and oxygen atoms in total. The minimum Gasteiger partial charge on any atom is -0.436 e. The Kier molecular flexibility index (Phi) is 6.63. The van der Waals surface area contributed by atoms with Crippen molar-refractivity contribution in [2.75, 3.05) is 23.3 Å². The molecule has 2 aliphatic heterocycles. The maximum atomic E-state index is 15.1. The largest absolute Gasteiger partial charge is 0.436 e. The topological polar surface area (TPSA) is 101 Å².